The van der Waals surface area contributed by atoms with E-state index in [-0.39, 0.29) is 11.8 Å². The van der Waals surface area contributed by atoms with Gasteiger partial charge in [0.2, 0.25) is 0 Å². The van der Waals surface area contributed by atoms with Crippen molar-refractivity contribution < 1.29 is 20.1 Å². The third kappa shape index (κ3) is 7.80. The zero-order chi connectivity index (χ0) is 14.8. The summed E-state index contributed by atoms with van der Waals surface area (Å²) in [5.74, 6) is -1.03. The van der Waals surface area contributed by atoms with Crippen LogP contribution in [0.25, 0.3) is 0 Å². The topological polar surface area (TPSA) is 77.8 Å². The van der Waals surface area contributed by atoms with Crippen LogP contribution in [0.2, 0.25) is 0 Å². The van der Waals surface area contributed by atoms with E-state index in [2.05, 4.69) is 6.92 Å². The molecule has 0 aliphatic heterocycles. The second-order valence-corrected chi connectivity index (χ2v) is 5.04. The number of allylic oxidation sites excluding steroid dienone is 2. The molecule has 0 radical (unpaired) electrons. The van der Waals surface area contributed by atoms with Crippen LogP contribution in [0.3, 0.4) is 0 Å². The normalized spacial score (nSPS) is 18.6. The maximum absolute atomic E-state index is 10.2. The van der Waals surface area contributed by atoms with Gasteiger partial charge in [-0.3, -0.25) is 0 Å². The number of rotatable bonds is 9. The molecule has 4 nitrogen and oxygen atoms in total. The maximum Gasteiger partial charge on any atom is 0.328 e. The first kappa shape index (κ1) is 17.9. The van der Waals surface area contributed by atoms with Gasteiger partial charge in [0.25, 0.3) is 0 Å². The predicted molar refractivity (Wildman–Crippen MR) is 75.8 cm³/mol. The minimum atomic E-state index is -0.998. The highest BCUT2D eigenvalue weighted by atomic mass is 16.4. The van der Waals surface area contributed by atoms with E-state index < -0.39 is 18.2 Å². The highest BCUT2D eigenvalue weighted by Crippen LogP contribution is 2.21. The first-order valence-corrected chi connectivity index (χ1v) is 6.82. The van der Waals surface area contributed by atoms with Crippen molar-refractivity contribution in [1.29, 1.82) is 0 Å². The standard InChI is InChI=1S/C15H26O4/c1-4-8-11(2)15(19)12(3)13(16)9-6-5-7-10-14(17)18/h5-7,10-13,15-16,19H,4,8-9H2,1-3H3,(H,17,18)/b6-5+,10-7+. The van der Waals surface area contributed by atoms with E-state index in [1.807, 2.05) is 13.8 Å². The van der Waals surface area contributed by atoms with Gasteiger partial charge in [-0.1, -0.05) is 45.4 Å². The van der Waals surface area contributed by atoms with Gasteiger partial charge in [0.05, 0.1) is 12.2 Å². The molecule has 0 saturated heterocycles. The highest BCUT2D eigenvalue weighted by molar-refractivity contribution is 5.80. The fourth-order valence-electron chi connectivity index (χ4n) is 2.02. The van der Waals surface area contributed by atoms with Crippen molar-refractivity contribution in [1.82, 2.24) is 0 Å². The van der Waals surface area contributed by atoms with Gasteiger partial charge in [-0.15, -0.1) is 0 Å². The van der Waals surface area contributed by atoms with Gasteiger partial charge in [0, 0.05) is 12.0 Å². The average molecular weight is 270 g/mol. The molecule has 3 N–H and O–H groups in total. The maximum atomic E-state index is 10.2. The zero-order valence-corrected chi connectivity index (χ0v) is 12.0. The lowest BCUT2D eigenvalue weighted by Gasteiger charge is -2.27. The molecule has 110 valence electrons. The summed E-state index contributed by atoms with van der Waals surface area (Å²) in [5.41, 5.74) is 0. The van der Waals surface area contributed by atoms with Crippen molar-refractivity contribution in [3.63, 3.8) is 0 Å². The Labute approximate surface area is 115 Å². The van der Waals surface area contributed by atoms with Crippen LogP contribution in [-0.2, 0) is 4.79 Å². The van der Waals surface area contributed by atoms with Crippen molar-refractivity contribution in [2.45, 2.75) is 52.2 Å². The molecule has 4 atom stereocenters. The first-order chi connectivity index (χ1) is 8.90. The lowest BCUT2D eigenvalue weighted by molar-refractivity contribution is -0.131. The number of hydrogen-bond donors (Lipinski definition) is 3. The summed E-state index contributed by atoms with van der Waals surface area (Å²) in [6.07, 6.45) is 6.96. The minimum absolute atomic E-state index is 0.172. The van der Waals surface area contributed by atoms with Gasteiger partial charge in [-0.05, 0) is 18.8 Å². The second kappa shape index (κ2) is 9.75. The number of carboxylic acid groups (broad SMARTS) is 1. The summed E-state index contributed by atoms with van der Waals surface area (Å²) in [4.78, 5) is 10.2. The number of carbonyl (C=O) groups is 1. The molecule has 0 aromatic rings. The molecule has 0 rings (SSSR count). The van der Waals surface area contributed by atoms with Crippen molar-refractivity contribution in [3.05, 3.63) is 24.3 Å². The zero-order valence-electron chi connectivity index (χ0n) is 12.0. The van der Waals surface area contributed by atoms with Gasteiger partial charge >= 0.3 is 5.97 Å². The third-order valence-corrected chi connectivity index (χ3v) is 3.34. The number of aliphatic hydroxyl groups is 2. The van der Waals surface area contributed by atoms with E-state index in [9.17, 15) is 15.0 Å². The van der Waals surface area contributed by atoms with Crippen molar-refractivity contribution in [2.24, 2.45) is 11.8 Å². The Morgan fingerprint density at radius 1 is 1.21 bits per heavy atom. The lowest BCUT2D eigenvalue weighted by atomic mass is 9.86. The molecular weight excluding hydrogens is 244 g/mol. The molecule has 0 bridgehead atoms. The van der Waals surface area contributed by atoms with Crippen LogP contribution in [0, 0.1) is 11.8 Å². The van der Waals surface area contributed by atoms with Crippen LogP contribution in [0.15, 0.2) is 24.3 Å². The van der Waals surface area contributed by atoms with E-state index in [0.29, 0.717) is 6.42 Å². The lowest BCUT2D eigenvalue weighted by Crippen LogP contribution is -2.33. The Morgan fingerprint density at radius 3 is 2.37 bits per heavy atom. The number of aliphatic hydroxyl groups excluding tert-OH is 2. The van der Waals surface area contributed by atoms with Gasteiger partial charge < -0.3 is 15.3 Å². The fourth-order valence-corrected chi connectivity index (χ4v) is 2.02. The summed E-state index contributed by atoms with van der Waals surface area (Å²) < 4.78 is 0. The summed E-state index contributed by atoms with van der Waals surface area (Å²) in [5, 5.41) is 28.4. The van der Waals surface area contributed by atoms with Crippen molar-refractivity contribution >= 4 is 5.97 Å². The molecule has 0 spiro atoms. The summed E-state index contributed by atoms with van der Waals surface area (Å²) in [7, 11) is 0. The Hall–Kier alpha value is -1.13. The van der Waals surface area contributed by atoms with E-state index in [1.165, 1.54) is 6.08 Å². The van der Waals surface area contributed by atoms with Crippen molar-refractivity contribution in [2.75, 3.05) is 0 Å². The number of carboxylic acids is 1. The second-order valence-electron chi connectivity index (χ2n) is 5.04. The molecule has 0 saturated carbocycles. The number of aliphatic carboxylic acids is 1. The fraction of sp³-hybridized carbons (Fsp3) is 0.667. The largest absolute Gasteiger partial charge is 0.478 e. The summed E-state index contributed by atoms with van der Waals surface area (Å²) in [6.45, 7) is 5.90. The van der Waals surface area contributed by atoms with Crippen LogP contribution in [0.4, 0.5) is 0 Å². The highest BCUT2D eigenvalue weighted by Gasteiger charge is 2.25. The molecule has 0 amide bonds. The first-order valence-electron chi connectivity index (χ1n) is 6.82. The molecule has 0 heterocycles. The summed E-state index contributed by atoms with van der Waals surface area (Å²) >= 11 is 0. The van der Waals surface area contributed by atoms with Crippen LogP contribution >= 0.6 is 0 Å². The van der Waals surface area contributed by atoms with Crippen LogP contribution in [0.1, 0.15) is 40.0 Å². The Balaban J connectivity index is 4.18. The monoisotopic (exact) mass is 270 g/mol. The molecule has 4 heteroatoms. The van der Waals surface area contributed by atoms with Crippen molar-refractivity contribution in [3.8, 4) is 0 Å². The SMILES string of the molecule is CCCC(C)C(O)C(C)C(O)C/C=C/C=C/C(=O)O. The Morgan fingerprint density at radius 2 is 1.84 bits per heavy atom. The third-order valence-electron chi connectivity index (χ3n) is 3.34. The van der Waals surface area contributed by atoms with Crippen LogP contribution in [-0.4, -0.2) is 33.5 Å². The molecular formula is C15H26O4. The number of hydrogen-bond acceptors (Lipinski definition) is 3. The molecule has 19 heavy (non-hydrogen) atoms. The van der Waals surface area contributed by atoms with Gasteiger partial charge in [0.1, 0.15) is 0 Å². The van der Waals surface area contributed by atoms with E-state index in [4.69, 9.17) is 5.11 Å². The smallest absolute Gasteiger partial charge is 0.328 e. The Kier molecular flexibility index (Phi) is 9.17. The minimum Gasteiger partial charge on any atom is -0.478 e. The molecule has 0 aromatic carbocycles. The molecule has 4 unspecified atom stereocenters. The molecule has 0 aromatic heterocycles. The molecule has 0 fully saturated rings. The van der Waals surface area contributed by atoms with Gasteiger partial charge in [-0.25, -0.2) is 4.79 Å². The quantitative estimate of drug-likeness (QED) is 0.444. The van der Waals surface area contributed by atoms with E-state index in [0.717, 1.165) is 18.9 Å². The van der Waals surface area contributed by atoms with E-state index >= 15 is 0 Å². The molecule has 0 aliphatic rings. The van der Waals surface area contributed by atoms with Gasteiger partial charge in [0.15, 0.2) is 0 Å². The van der Waals surface area contributed by atoms with E-state index in [1.54, 1.807) is 12.2 Å². The van der Waals surface area contributed by atoms with Gasteiger partial charge in [-0.2, -0.15) is 0 Å². The van der Waals surface area contributed by atoms with Crippen LogP contribution in [0.5, 0.6) is 0 Å². The Bertz CT molecular complexity index is 309. The predicted octanol–water partition coefficient (Wildman–Crippen LogP) is 2.37. The van der Waals surface area contributed by atoms with Crippen LogP contribution < -0.4 is 0 Å². The molecule has 0 aliphatic carbocycles. The average Bonchev–Trinajstić information content (AvgIpc) is 2.36. The summed E-state index contributed by atoms with van der Waals surface area (Å²) in [6, 6.07) is 0.